The van der Waals surface area contributed by atoms with E-state index in [1.54, 1.807) is 17.5 Å². The summed E-state index contributed by atoms with van der Waals surface area (Å²) in [6, 6.07) is 10.5. The number of rotatable bonds is 5. The topological polar surface area (TPSA) is 121 Å². The lowest BCUT2D eigenvalue weighted by atomic mass is 9.74. The van der Waals surface area contributed by atoms with Crippen molar-refractivity contribution in [2.24, 2.45) is 17.6 Å². The van der Waals surface area contributed by atoms with Gasteiger partial charge in [0.1, 0.15) is 6.07 Å². The number of fused-ring (bicyclic) bond motifs is 3. The zero-order valence-corrected chi connectivity index (χ0v) is 21.2. The number of pyridine rings is 1. The molecule has 2 bridgehead atoms. The third kappa shape index (κ3) is 4.08. The van der Waals surface area contributed by atoms with Gasteiger partial charge in [0.25, 0.3) is 0 Å². The lowest BCUT2D eigenvalue weighted by molar-refractivity contribution is 0.189. The Morgan fingerprint density at radius 3 is 2.69 bits per heavy atom. The fraction of sp³-hybridized carbons (Fsp3) is 0.423. The third-order valence-electron chi connectivity index (χ3n) is 7.30. The molecule has 4 aromatic heterocycles. The molecule has 9 nitrogen and oxygen atoms in total. The molecule has 1 aliphatic carbocycles. The summed E-state index contributed by atoms with van der Waals surface area (Å²) in [5.74, 6) is 1.08. The minimum atomic E-state index is 0.231. The van der Waals surface area contributed by atoms with Crippen LogP contribution in [-0.2, 0) is 0 Å². The van der Waals surface area contributed by atoms with Gasteiger partial charge < -0.3 is 16.0 Å². The van der Waals surface area contributed by atoms with Crippen LogP contribution in [0.1, 0.15) is 38.7 Å². The van der Waals surface area contributed by atoms with Gasteiger partial charge in [-0.3, -0.25) is 4.98 Å². The van der Waals surface area contributed by atoms with E-state index in [0.29, 0.717) is 23.4 Å². The fourth-order valence-corrected chi connectivity index (χ4v) is 6.42. The third-order valence-corrected chi connectivity index (χ3v) is 8.32. The molecule has 6 rings (SSSR count). The van der Waals surface area contributed by atoms with Crippen LogP contribution in [0, 0.1) is 23.2 Å². The highest BCUT2D eigenvalue weighted by Gasteiger charge is 2.38. The number of nitriles is 1. The van der Waals surface area contributed by atoms with E-state index < -0.39 is 0 Å². The van der Waals surface area contributed by atoms with Gasteiger partial charge >= 0.3 is 0 Å². The number of hydrogen-bond acceptors (Lipinski definition) is 9. The van der Waals surface area contributed by atoms with E-state index in [0.717, 1.165) is 51.4 Å². The van der Waals surface area contributed by atoms with Crippen LogP contribution < -0.4 is 16.0 Å². The van der Waals surface area contributed by atoms with E-state index in [1.807, 2.05) is 35.0 Å². The first kappa shape index (κ1) is 22.9. The van der Waals surface area contributed by atoms with Crippen LogP contribution in [0.3, 0.4) is 0 Å². The highest BCUT2D eigenvalue weighted by Crippen LogP contribution is 2.39. The predicted molar refractivity (Wildman–Crippen MR) is 142 cm³/mol. The number of nitrogens with zero attached hydrogens (tertiary/aromatic N) is 7. The van der Waals surface area contributed by atoms with Crippen molar-refractivity contribution in [3.8, 4) is 28.0 Å². The summed E-state index contributed by atoms with van der Waals surface area (Å²) in [7, 11) is 0. The molecule has 1 unspecified atom stereocenters. The zero-order chi connectivity index (χ0) is 24.8. The van der Waals surface area contributed by atoms with Crippen LogP contribution in [0.2, 0.25) is 0 Å². The molecule has 3 N–H and O–H groups in total. The van der Waals surface area contributed by atoms with Crippen molar-refractivity contribution in [2.75, 3.05) is 23.3 Å². The monoisotopic (exact) mass is 499 g/mol. The molecule has 4 aromatic rings. The van der Waals surface area contributed by atoms with Gasteiger partial charge in [-0.05, 0) is 62.8 Å². The van der Waals surface area contributed by atoms with Crippen molar-refractivity contribution < 1.29 is 0 Å². The number of nitrogens with one attached hydrogen (secondary N) is 1. The van der Waals surface area contributed by atoms with Gasteiger partial charge in [-0.25, -0.2) is 4.52 Å². The molecule has 3 atom stereocenters. The van der Waals surface area contributed by atoms with Gasteiger partial charge in [-0.2, -0.15) is 10.4 Å². The molecule has 1 aliphatic heterocycles. The van der Waals surface area contributed by atoms with Gasteiger partial charge in [0.2, 0.25) is 5.13 Å². The van der Waals surface area contributed by atoms with Crippen molar-refractivity contribution in [3.63, 3.8) is 0 Å². The second-order valence-electron chi connectivity index (χ2n) is 10.1. The van der Waals surface area contributed by atoms with Crippen LogP contribution in [0.25, 0.3) is 27.5 Å². The summed E-state index contributed by atoms with van der Waals surface area (Å²) in [5.41, 5.74) is 11.4. The SMILES string of the molecule is CC(C)Nc1cc(-c2ccc3cc(C#N)cnn23)ncc1-c1nnc(N2C[C@H]3CCC[C@@H](C2)C3N)s1. The molecular formula is C26H29N9S. The fourth-order valence-electron chi connectivity index (χ4n) is 5.54. The largest absolute Gasteiger partial charge is 0.382 e. The van der Waals surface area contributed by atoms with Gasteiger partial charge in [0, 0.05) is 37.1 Å². The van der Waals surface area contributed by atoms with Crippen LogP contribution >= 0.6 is 11.3 Å². The van der Waals surface area contributed by atoms with Crippen LogP contribution in [0.5, 0.6) is 0 Å². The molecule has 2 aliphatic rings. The highest BCUT2D eigenvalue weighted by atomic mass is 32.1. The Morgan fingerprint density at radius 1 is 1.14 bits per heavy atom. The van der Waals surface area contributed by atoms with Gasteiger partial charge in [-0.15, -0.1) is 10.2 Å². The number of hydrogen-bond donors (Lipinski definition) is 2. The van der Waals surface area contributed by atoms with E-state index in [1.165, 1.54) is 19.3 Å². The Labute approximate surface area is 214 Å². The summed E-state index contributed by atoms with van der Waals surface area (Å²) in [6.07, 6.45) is 7.13. The lowest BCUT2D eigenvalue weighted by Crippen LogP contribution is -2.55. The maximum atomic E-state index is 9.18. The molecule has 10 heteroatoms. The van der Waals surface area contributed by atoms with E-state index in [4.69, 9.17) is 10.7 Å². The van der Waals surface area contributed by atoms with E-state index in [-0.39, 0.29) is 6.04 Å². The van der Waals surface area contributed by atoms with Gasteiger partial charge in [0.15, 0.2) is 5.01 Å². The molecule has 5 heterocycles. The average Bonchev–Trinajstić information content (AvgIpc) is 3.51. The molecule has 1 saturated heterocycles. The standard InChI is InChI=1S/C26H29N9S/c1-15(2)31-21-9-22(23-7-6-19-8-16(10-27)11-30-35(19)23)29-12-20(21)25-32-33-26(36-25)34-13-17-4-3-5-18(14-34)24(17)28/h6-9,11-12,15,17-18,24H,3-5,13-14,28H2,1-2H3,(H,29,31)/t17-,18+,24?. The normalized spacial score (nSPS) is 21.6. The molecule has 0 spiro atoms. The maximum absolute atomic E-state index is 9.18. The van der Waals surface area contributed by atoms with E-state index >= 15 is 0 Å². The summed E-state index contributed by atoms with van der Waals surface area (Å²) in [6.45, 7) is 6.15. The number of nitrogens with two attached hydrogens (primary N) is 1. The van der Waals surface area contributed by atoms with Crippen LogP contribution in [0.4, 0.5) is 10.8 Å². The Kier molecular flexibility index (Phi) is 5.82. The molecule has 184 valence electrons. The minimum Gasteiger partial charge on any atom is -0.382 e. The van der Waals surface area contributed by atoms with Crippen LogP contribution in [0.15, 0.2) is 36.7 Å². The first-order valence-electron chi connectivity index (χ1n) is 12.5. The Balaban J connectivity index is 1.33. The summed E-state index contributed by atoms with van der Waals surface area (Å²) in [5, 5.41) is 28.1. The Bertz CT molecular complexity index is 1440. The molecule has 36 heavy (non-hydrogen) atoms. The summed E-state index contributed by atoms with van der Waals surface area (Å²) in [4.78, 5) is 7.16. The summed E-state index contributed by atoms with van der Waals surface area (Å²) >= 11 is 1.62. The van der Waals surface area contributed by atoms with Crippen molar-refractivity contribution in [2.45, 2.75) is 45.2 Å². The number of piperidine rings is 1. The van der Waals surface area contributed by atoms with Crippen molar-refractivity contribution >= 4 is 27.7 Å². The molecule has 0 aromatic carbocycles. The van der Waals surface area contributed by atoms with Crippen molar-refractivity contribution in [1.29, 1.82) is 5.26 Å². The Morgan fingerprint density at radius 2 is 1.94 bits per heavy atom. The first-order chi connectivity index (χ1) is 17.5. The maximum Gasteiger partial charge on any atom is 0.208 e. The van der Waals surface area contributed by atoms with Crippen LogP contribution in [-0.4, -0.2) is 50.0 Å². The highest BCUT2D eigenvalue weighted by molar-refractivity contribution is 7.18. The number of aromatic nitrogens is 5. The molecular weight excluding hydrogens is 470 g/mol. The number of anilines is 2. The molecule has 2 fully saturated rings. The molecule has 1 saturated carbocycles. The second-order valence-corrected chi connectivity index (χ2v) is 11.1. The van der Waals surface area contributed by atoms with E-state index in [2.05, 4.69) is 45.4 Å². The average molecular weight is 500 g/mol. The van der Waals surface area contributed by atoms with Gasteiger partial charge in [-0.1, -0.05) is 17.8 Å². The predicted octanol–water partition coefficient (Wildman–Crippen LogP) is 4.17. The minimum absolute atomic E-state index is 0.231. The van der Waals surface area contributed by atoms with Gasteiger partial charge in [0.05, 0.1) is 34.2 Å². The zero-order valence-electron chi connectivity index (χ0n) is 20.4. The summed E-state index contributed by atoms with van der Waals surface area (Å²) < 4.78 is 1.81. The lowest BCUT2D eigenvalue weighted by Gasteiger charge is -2.45. The van der Waals surface area contributed by atoms with Crippen molar-refractivity contribution in [1.82, 2.24) is 24.8 Å². The second kappa shape index (κ2) is 9.15. The smallest absolute Gasteiger partial charge is 0.208 e. The van der Waals surface area contributed by atoms with Crippen molar-refractivity contribution in [3.05, 3.63) is 42.2 Å². The Hall–Kier alpha value is -3.55. The molecule has 0 amide bonds. The quantitative estimate of drug-likeness (QED) is 0.420. The molecule has 0 radical (unpaired) electrons. The van der Waals surface area contributed by atoms with E-state index in [9.17, 15) is 5.26 Å². The first-order valence-corrected chi connectivity index (χ1v) is 13.3.